The minimum Gasteiger partial charge on any atom is -0.497 e. The zero-order chi connectivity index (χ0) is 21.2. The summed E-state index contributed by atoms with van der Waals surface area (Å²) in [6, 6.07) is 9.27. The van der Waals surface area contributed by atoms with Crippen LogP contribution in [0.2, 0.25) is 5.02 Å². The second-order valence-corrected chi connectivity index (χ2v) is 7.93. The Bertz CT molecular complexity index is 904. The van der Waals surface area contributed by atoms with Crippen LogP contribution >= 0.6 is 27.5 Å². The molecule has 1 N–H and O–H groups in total. The molecule has 0 aliphatic carbocycles. The number of rotatable bonds is 4. The molecule has 0 saturated carbocycles. The van der Waals surface area contributed by atoms with Crippen molar-refractivity contribution in [2.45, 2.75) is 25.6 Å². The predicted molar refractivity (Wildman–Crippen MR) is 110 cm³/mol. The van der Waals surface area contributed by atoms with Crippen molar-refractivity contribution < 1.29 is 22.7 Å². The van der Waals surface area contributed by atoms with Crippen molar-refractivity contribution in [1.29, 1.82) is 0 Å². The van der Waals surface area contributed by atoms with Crippen LogP contribution in [0.15, 0.2) is 34.8 Å². The first-order valence-electron chi connectivity index (χ1n) is 8.93. The Morgan fingerprint density at radius 2 is 1.83 bits per heavy atom. The number of benzene rings is 2. The number of halogens is 5. The molecule has 2 aromatic rings. The fourth-order valence-electron chi connectivity index (χ4n) is 3.37. The summed E-state index contributed by atoms with van der Waals surface area (Å²) in [4.78, 5) is 12.5. The fraction of sp³-hybridized carbons (Fsp3) is 0.350. The van der Waals surface area contributed by atoms with E-state index in [4.69, 9.17) is 16.3 Å². The van der Waals surface area contributed by atoms with Crippen LogP contribution in [0.4, 0.5) is 18.9 Å². The van der Waals surface area contributed by atoms with E-state index in [-0.39, 0.29) is 19.5 Å². The molecule has 4 nitrogen and oxygen atoms in total. The third-order valence-corrected chi connectivity index (χ3v) is 5.87. The maximum absolute atomic E-state index is 12.8. The number of amides is 1. The molecular formula is C20H19BrClF3N2O2. The van der Waals surface area contributed by atoms with Gasteiger partial charge >= 0.3 is 12.1 Å². The van der Waals surface area contributed by atoms with E-state index < -0.39 is 12.1 Å². The lowest BCUT2D eigenvalue weighted by Gasteiger charge is -2.21. The zero-order valence-corrected chi connectivity index (χ0v) is 17.9. The van der Waals surface area contributed by atoms with Gasteiger partial charge in [-0.05, 0) is 47.7 Å². The van der Waals surface area contributed by atoms with Crippen molar-refractivity contribution in [1.82, 2.24) is 4.90 Å². The minimum atomic E-state index is -4.87. The van der Waals surface area contributed by atoms with Crippen molar-refractivity contribution in [3.05, 3.63) is 56.5 Å². The number of nitrogens with zero attached hydrogens (tertiary/aromatic N) is 1. The highest BCUT2D eigenvalue weighted by molar-refractivity contribution is 9.10. The molecule has 0 fully saturated rings. The van der Waals surface area contributed by atoms with E-state index in [2.05, 4.69) is 21.2 Å². The average Bonchev–Trinajstić information content (AvgIpc) is 2.90. The first-order valence-corrected chi connectivity index (χ1v) is 10.1. The van der Waals surface area contributed by atoms with Gasteiger partial charge in [0.05, 0.1) is 17.8 Å². The maximum atomic E-state index is 12.8. The van der Waals surface area contributed by atoms with E-state index in [1.807, 2.05) is 24.3 Å². The van der Waals surface area contributed by atoms with Gasteiger partial charge in [0, 0.05) is 24.1 Å². The molecule has 1 aliphatic rings. The lowest BCUT2D eigenvalue weighted by atomic mass is 10.0. The molecule has 2 aromatic carbocycles. The van der Waals surface area contributed by atoms with Gasteiger partial charge in [-0.15, -0.1) is 0 Å². The van der Waals surface area contributed by atoms with E-state index in [9.17, 15) is 18.0 Å². The number of carbonyl (C=O) groups excluding carboxylic acids is 1. The predicted octanol–water partition coefficient (Wildman–Crippen LogP) is 5.21. The largest absolute Gasteiger partial charge is 0.497 e. The summed E-state index contributed by atoms with van der Waals surface area (Å²) in [5.74, 6) is -1.06. The summed E-state index contributed by atoms with van der Waals surface area (Å²) in [6.07, 6.45) is -4.28. The van der Waals surface area contributed by atoms with Gasteiger partial charge in [0.15, 0.2) is 0 Å². The highest BCUT2D eigenvalue weighted by atomic mass is 79.9. The van der Waals surface area contributed by atoms with Gasteiger partial charge in [0.1, 0.15) is 5.75 Å². The smallest absolute Gasteiger partial charge is 0.471 e. The average molecular weight is 492 g/mol. The number of methoxy groups -OCH3 is 1. The Balaban J connectivity index is 1.83. The Morgan fingerprint density at radius 1 is 1.21 bits per heavy atom. The summed E-state index contributed by atoms with van der Waals surface area (Å²) < 4.78 is 44.4. The van der Waals surface area contributed by atoms with Crippen molar-refractivity contribution in [3.8, 4) is 5.75 Å². The molecule has 29 heavy (non-hydrogen) atoms. The Hall–Kier alpha value is -1.93. The van der Waals surface area contributed by atoms with Crippen molar-refractivity contribution in [2.24, 2.45) is 0 Å². The first kappa shape index (κ1) is 21.8. The highest BCUT2D eigenvalue weighted by Crippen LogP contribution is 2.37. The molecule has 1 heterocycles. The fourth-order valence-corrected chi connectivity index (χ4v) is 4.46. The number of hydrogen-bond acceptors (Lipinski definition) is 3. The quantitative estimate of drug-likeness (QED) is 0.638. The number of fused-ring (bicyclic) bond motifs is 1. The summed E-state index contributed by atoms with van der Waals surface area (Å²) in [5.41, 5.74) is 3.38. The third-order valence-electron chi connectivity index (χ3n) is 4.87. The van der Waals surface area contributed by atoms with Gasteiger partial charge in [-0.2, -0.15) is 13.2 Å². The molecular weight excluding hydrogens is 473 g/mol. The van der Waals surface area contributed by atoms with Gasteiger partial charge in [-0.25, -0.2) is 0 Å². The third kappa shape index (κ3) is 4.98. The molecule has 0 spiro atoms. The number of nitrogens with one attached hydrogen (secondary N) is 1. The lowest BCUT2D eigenvalue weighted by Crippen LogP contribution is -2.42. The van der Waals surface area contributed by atoms with E-state index in [1.54, 1.807) is 13.2 Å². The monoisotopic (exact) mass is 490 g/mol. The van der Waals surface area contributed by atoms with Crippen molar-refractivity contribution in [2.75, 3.05) is 25.5 Å². The number of anilines is 1. The standard InChI is InChI=1S/C20H19BrClF3N2O2/c1-29-13-4-2-12(3-5-13)11-26-18-15-7-9-27(19(28)20(23,24)25)8-6-14(15)16(21)10-17(18)22/h2-5,10,26H,6-9,11H2,1H3. The topological polar surface area (TPSA) is 41.6 Å². The Morgan fingerprint density at radius 3 is 2.41 bits per heavy atom. The normalized spacial score (nSPS) is 14.2. The van der Waals surface area contributed by atoms with Crippen LogP contribution in [0.25, 0.3) is 0 Å². The highest BCUT2D eigenvalue weighted by Gasteiger charge is 2.42. The van der Waals surface area contributed by atoms with Crippen LogP contribution in [-0.4, -0.2) is 37.2 Å². The maximum Gasteiger partial charge on any atom is 0.471 e. The molecule has 1 amide bonds. The van der Waals surface area contributed by atoms with Crippen molar-refractivity contribution in [3.63, 3.8) is 0 Å². The molecule has 0 aromatic heterocycles. The van der Waals surface area contributed by atoms with E-state index in [0.29, 0.717) is 23.7 Å². The van der Waals surface area contributed by atoms with Gasteiger partial charge < -0.3 is 15.0 Å². The number of ether oxygens (including phenoxy) is 1. The Kier molecular flexibility index (Phi) is 6.63. The molecule has 156 valence electrons. The van der Waals surface area contributed by atoms with Gasteiger partial charge in [0.25, 0.3) is 0 Å². The van der Waals surface area contributed by atoms with Crippen molar-refractivity contribution >= 4 is 39.1 Å². The van der Waals surface area contributed by atoms with E-state index in [0.717, 1.165) is 31.8 Å². The molecule has 0 radical (unpaired) electrons. The van der Waals surface area contributed by atoms with Crippen LogP contribution < -0.4 is 10.1 Å². The number of hydrogen-bond donors (Lipinski definition) is 1. The molecule has 0 saturated heterocycles. The SMILES string of the molecule is COc1ccc(CNc2c(Cl)cc(Br)c3c2CCN(C(=O)C(F)(F)F)CC3)cc1. The van der Waals surface area contributed by atoms with Crippen LogP contribution in [0.3, 0.4) is 0 Å². The first-order chi connectivity index (χ1) is 13.7. The minimum absolute atomic E-state index is 0.00347. The number of alkyl halides is 3. The van der Waals surface area contributed by atoms with Crippen LogP contribution in [0.1, 0.15) is 16.7 Å². The second kappa shape index (κ2) is 8.83. The van der Waals surface area contributed by atoms with Gasteiger partial charge in [-0.1, -0.05) is 39.7 Å². The molecule has 3 rings (SSSR count). The molecule has 0 bridgehead atoms. The second-order valence-electron chi connectivity index (χ2n) is 6.66. The molecule has 9 heteroatoms. The summed E-state index contributed by atoms with van der Waals surface area (Å²) in [7, 11) is 1.59. The summed E-state index contributed by atoms with van der Waals surface area (Å²) in [6.45, 7) is 0.474. The van der Waals surface area contributed by atoms with Crippen LogP contribution in [0, 0.1) is 0 Å². The molecule has 0 atom stereocenters. The molecule has 1 aliphatic heterocycles. The Labute approximate surface area is 180 Å². The van der Waals surface area contributed by atoms with Crippen LogP contribution in [-0.2, 0) is 24.2 Å². The lowest BCUT2D eigenvalue weighted by molar-refractivity contribution is -0.185. The number of carbonyl (C=O) groups is 1. The summed E-state index contributed by atoms with van der Waals surface area (Å²) in [5, 5.41) is 3.78. The van der Waals surface area contributed by atoms with E-state index in [1.165, 1.54) is 0 Å². The van der Waals surface area contributed by atoms with Crippen LogP contribution in [0.5, 0.6) is 5.75 Å². The van der Waals surface area contributed by atoms with Gasteiger partial charge in [0.2, 0.25) is 0 Å². The summed E-state index contributed by atoms with van der Waals surface area (Å²) >= 11 is 9.89. The zero-order valence-electron chi connectivity index (χ0n) is 15.6. The molecule has 0 unspecified atom stereocenters. The van der Waals surface area contributed by atoms with Gasteiger partial charge in [-0.3, -0.25) is 4.79 Å². The van der Waals surface area contributed by atoms with E-state index >= 15 is 0 Å².